The maximum Gasteiger partial charge on any atom is 0.329 e. The van der Waals surface area contributed by atoms with Gasteiger partial charge in [-0.1, -0.05) is 77.2 Å². The number of ketones is 2. The Morgan fingerprint density at radius 2 is 1.46 bits per heavy atom. The van der Waals surface area contributed by atoms with Crippen LogP contribution >= 0.6 is 0 Å². The second kappa shape index (κ2) is 22.7. The highest BCUT2D eigenvalue weighted by molar-refractivity contribution is 5.86. The highest BCUT2D eigenvalue weighted by Gasteiger charge is 2.47. The van der Waals surface area contributed by atoms with Crippen molar-refractivity contribution in [1.82, 2.24) is 4.90 Å². The fourth-order valence-corrected chi connectivity index (χ4v) is 9.17. The summed E-state index contributed by atoms with van der Waals surface area (Å²) in [6.45, 7) is 10.9. The van der Waals surface area contributed by atoms with Crippen LogP contribution in [0.25, 0.3) is 0 Å². The molecular weight excluding hydrogens is 755 g/mol. The number of carbonyl (C=O) groups is 4. The third kappa shape index (κ3) is 14.8. The molecule has 2 saturated heterocycles. The molecule has 2 bridgehead atoms. The molecule has 1 amide bonds. The van der Waals surface area contributed by atoms with E-state index in [4.69, 9.17) is 9.47 Å². The molecule has 12 atom stereocenters. The molecule has 4 rings (SSSR count). The Morgan fingerprint density at radius 1 is 0.797 bits per heavy atom. The SMILES string of the molecule is C/C1=C\[C@@H](C)C(=O)C[C@@H]([C@H](C)CC2CCC(O)CC2)OC(=O)C2CCC(O)CN2C(=O)C[C@]2(O)O[C@@H](CC[C@H]2C)C[C@H](O)/C=C/C=C/C=C\[C@@H](C)C[C@@H](C)C(=O)C[C@@H]1O. The summed E-state index contributed by atoms with van der Waals surface area (Å²) in [5.41, 5.74) is 0.508. The maximum absolute atomic E-state index is 14.2. The number of nitrogens with zero attached hydrogens (tertiary/aromatic N) is 1. The van der Waals surface area contributed by atoms with Crippen LogP contribution in [-0.4, -0.2) is 109 Å². The summed E-state index contributed by atoms with van der Waals surface area (Å²) < 4.78 is 12.4. The number of esters is 1. The predicted molar refractivity (Wildman–Crippen MR) is 224 cm³/mol. The standard InChI is InChI=1S/C47H73NO11/c1-29-11-9-7-8-10-12-37(50)24-39-19-13-34(6)47(57,59-39)27-45(55)48-28-38(51)18-20-40(48)46(56)58-44(33(5)23-35-14-16-36(49)17-15-35)26-43(54)32(4)22-31(3)42(53)25-41(52)30(2)21-29/h7-12,22,29-30,32-40,42,44,49-51,53,57H,13-21,23-28H2,1-6H3/b8-7+,11-9-,12-10+,31-22+/t29-,30-,32-,33-,34-,35?,36?,37-,38?,39+,40?,42+,44+,47+/m1/s1. The van der Waals surface area contributed by atoms with E-state index in [-0.39, 0.29) is 80.0 Å². The molecule has 3 aliphatic heterocycles. The highest BCUT2D eigenvalue weighted by Crippen LogP contribution is 2.38. The number of rotatable bonds is 3. The van der Waals surface area contributed by atoms with Crippen LogP contribution in [0.2, 0.25) is 0 Å². The second-order valence-electron chi connectivity index (χ2n) is 18.5. The molecular formula is C47H73NO11. The number of ether oxygens (including phenoxy) is 2. The lowest BCUT2D eigenvalue weighted by atomic mass is 9.79. The van der Waals surface area contributed by atoms with E-state index in [1.165, 1.54) is 4.90 Å². The van der Waals surface area contributed by atoms with Gasteiger partial charge in [0.05, 0.1) is 36.9 Å². The van der Waals surface area contributed by atoms with E-state index >= 15 is 0 Å². The lowest BCUT2D eigenvalue weighted by molar-refractivity contribution is -0.283. The van der Waals surface area contributed by atoms with Gasteiger partial charge in [-0.2, -0.15) is 0 Å². The van der Waals surface area contributed by atoms with Crippen molar-refractivity contribution in [1.29, 1.82) is 0 Å². The van der Waals surface area contributed by atoms with Crippen molar-refractivity contribution >= 4 is 23.4 Å². The number of piperidine rings is 1. The average molecular weight is 828 g/mol. The van der Waals surface area contributed by atoms with Crippen molar-refractivity contribution in [2.24, 2.45) is 35.5 Å². The number of carbonyl (C=O) groups excluding carboxylic acids is 4. The lowest BCUT2D eigenvalue weighted by Crippen LogP contribution is -2.57. The first-order chi connectivity index (χ1) is 27.8. The van der Waals surface area contributed by atoms with Gasteiger partial charge in [-0.3, -0.25) is 14.4 Å². The summed E-state index contributed by atoms with van der Waals surface area (Å²) in [4.78, 5) is 56.5. The smallest absolute Gasteiger partial charge is 0.329 e. The summed E-state index contributed by atoms with van der Waals surface area (Å²) in [5, 5.41) is 54.4. The Bertz CT molecular complexity index is 1530. The van der Waals surface area contributed by atoms with E-state index in [1.807, 2.05) is 39.0 Å². The van der Waals surface area contributed by atoms with Crippen molar-refractivity contribution in [2.75, 3.05) is 6.54 Å². The van der Waals surface area contributed by atoms with Crippen LogP contribution in [-0.2, 0) is 28.7 Å². The van der Waals surface area contributed by atoms with Gasteiger partial charge in [0.25, 0.3) is 0 Å². The lowest BCUT2D eigenvalue weighted by Gasteiger charge is -2.44. The van der Waals surface area contributed by atoms with Gasteiger partial charge in [0.15, 0.2) is 5.79 Å². The average Bonchev–Trinajstić information content (AvgIpc) is 3.17. The van der Waals surface area contributed by atoms with E-state index in [0.717, 1.165) is 12.8 Å². The minimum Gasteiger partial charge on any atom is -0.460 e. The fraction of sp³-hybridized carbons (Fsp3) is 0.745. The predicted octanol–water partition coefficient (Wildman–Crippen LogP) is 5.68. The zero-order valence-corrected chi connectivity index (χ0v) is 36.3. The van der Waals surface area contributed by atoms with Crippen molar-refractivity contribution in [2.45, 2.75) is 180 Å². The topological polar surface area (TPSA) is 191 Å². The molecule has 0 radical (unpaired) electrons. The normalized spacial score (nSPS) is 41.5. The third-order valence-electron chi connectivity index (χ3n) is 13.3. The number of hydrogen-bond acceptors (Lipinski definition) is 11. The first-order valence-corrected chi connectivity index (χ1v) is 22.2. The molecule has 0 aromatic heterocycles. The van der Waals surface area contributed by atoms with Gasteiger partial charge in [-0.05, 0) is 94.5 Å². The molecule has 1 saturated carbocycles. The molecule has 12 heteroatoms. The Morgan fingerprint density at radius 3 is 2.15 bits per heavy atom. The monoisotopic (exact) mass is 828 g/mol. The van der Waals surface area contributed by atoms with Crippen LogP contribution in [0.15, 0.2) is 48.1 Å². The van der Waals surface area contributed by atoms with Gasteiger partial charge in [0.2, 0.25) is 5.91 Å². The Kier molecular flexibility index (Phi) is 18.7. The van der Waals surface area contributed by atoms with Gasteiger partial charge in [-0.15, -0.1) is 0 Å². The summed E-state index contributed by atoms with van der Waals surface area (Å²) in [6, 6.07) is -1.05. The Labute approximate surface area is 351 Å². The van der Waals surface area contributed by atoms with Crippen molar-refractivity contribution in [3.8, 4) is 0 Å². The van der Waals surface area contributed by atoms with Crippen LogP contribution in [0.3, 0.4) is 0 Å². The number of amides is 1. The molecule has 3 fully saturated rings. The van der Waals surface area contributed by atoms with E-state index in [2.05, 4.69) is 0 Å². The Hall–Kier alpha value is -3.00. The number of aliphatic hydroxyl groups is 5. The van der Waals surface area contributed by atoms with Gasteiger partial charge in [0.1, 0.15) is 23.7 Å². The Balaban J connectivity index is 1.62. The van der Waals surface area contributed by atoms with E-state index < -0.39 is 72.5 Å². The zero-order valence-electron chi connectivity index (χ0n) is 36.3. The van der Waals surface area contributed by atoms with E-state index in [9.17, 15) is 44.7 Å². The maximum atomic E-state index is 14.2. The van der Waals surface area contributed by atoms with E-state index in [1.54, 1.807) is 45.1 Å². The summed E-state index contributed by atoms with van der Waals surface area (Å²) in [6.07, 6.45) is 13.4. The molecule has 1 aliphatic carbocycles. The number of hydrogen-bond donors (Lipinski definition) is 5. The second-order valence-corrected chi connectivity index (χ2v) is 18.5. The van der Waals surface area contributed by atoms with Crippen LogP contribution in [0, 0.1) is 35.5 Å². The van der Waals surface area contributed by atoms with Crippen molar-refractivity contribution in [3.05, 3.63) is 48.1 Å². The molecule has 5 N–H and O–H groups in total. The largest absolute Gasteiger partial charge is 0.460 e. The van der Waals surface area contributed by atoms with E-state index in [0.29, 0.717) is 44.1 Å². The zero-order chi connectivity index (χ0) is 43.4. The van der Waals surface area contributed by atoms with Crippen LogP contribution in [0.4, 0.5) is 0 Å². The first kappa shape index (κ1) is 48.7. The summed E-state index contributed by atoms with van der Waals surface area (Å²) >= 11 is 0. The number of Topliss-reactive ketones (excluding diaryl/α,β-unsaturated/α-hetero) is 2. The number of cyclic esters (lactones) is 1. The number of aliphatic hydroxyl groups excluding tert-OH is 4. The molecule has 0 aromatic carbocycles. The molecule has 0 aromatic rings. The van der Waals surface area contributed by atoms with Crippen LogP contribution in [0.5, 0.6) is 0 Å². The van der Waals surface area contributed by atoms with Crippen LogP contribution in [0.1, 0.15) is 131 Å². The van der Waals surface area contributed by atoms with Gasteiger partial charge < -0.3 is 39.9 Å². The quantitative estimate of drug-likeness (QED) is 0.174. The van der Waals surface area contributed by atoms with Crippen LogP contribution < -0.4 is 0 Å². The third-order valence-corrected chi connectivity index (χ3v) is 13.3. The van der Waals surface area contributed by atoms with Gasteiger partial charge in [-0.25, -0.2) is 4.79 Å². The van der Waals surface area contributed by atoms with Crippen molar-refractivity contribution < 1.29 is 54.2 Å². The molecule has 2 unspecified atom stereocenters. The molecule has 0 spiro atoms. The summed E-state index contributed by atoms with van der Waals surface area (Å²) in [5.74, 6) is -4.62. The van der Waals surface area contributed by atoms with Gasteiger partial charge >= 0.3 is 5.97 Å². The molecule has 59 heavy (non-hydrogen) atoms. The fourth-order valence-electron chi connectivity index (χ4n) is 9.17. The number of allylic oxidation sites excluding steroid dienone is 6. The molecule has 332 valence electrons. The highest BCUT2D eigenvalue weighted by atomic mass is 16.6. The summed E-state index contributed by atoms with van der Waals surface area (Å²) in [7, 11) is 0. The molecule has 3 heterocycles. The number of fused-ring (bicyclic) bond motifs is 3. The van der Waals surface area contributed by atoms with Gasteiger partial charge in [0, 0.05) is 43.6 Å². The van der Waals surface area contributed by atoms with Crippen molar-refractivity contribution in [3.63, 3.8) is 0 Å². The first-order valence-electron chi connectivity index (χ1n) is 22.2. The minimum atomic E-state index is -1.86. The minimum absolute atomic E-state index is 0.0745. The molecule has 4 aliphatic rings. The molecule has 12 nitrogen and oxygen atoms in total.